The third-order valence-electron chi connectivity index (χ3n) is 2.61. The van der Waals surface area contributed by atoms with E-state index in [2.05, 4.69) is 47.3 Å². The van der Waals surface area contributed by atoms with Crippen LogP contribution in [0.1, 0.15) is 19.0 Å². The Morgan fingerprint density at radius 3 is 2.88 bits per heavy atom. The molecule has 0 aliphatic carbocycles. The van der Waals surface area contributed by atoms with E-state index in [9.17, 15) is 0 Å². The number of nitrogens with zero attached hydrogens (tertiary/aromatic N) is 3. The van der Waals surface area contributed by atoms with Gasteiger partial charge in [0.05, 0.1) is 18.4 Å². The van der Waals surface area contributed by atoms with Crippen LogP contribution in [0, 0.1) is 0 Å². The monoisotopic (exact) mass is 254 g/mol. The van der Waals surface area contributed by atoms with Crippen molar-refractivity contribution in [2.24, 2.45) is 7.05 Å². The summed E-state index contributed by atoms with van der Waals surface area (Å²) >= 11 is 0. The van der Waals surface area contributed by atoms with E-state index in [1.165, 1.54) is 5.69 Å². The standard InChI is InChI=1S/C12H18N4.ClH/c1-3-6-16-10-11(8-14-16)13-9-12-5-4-7-15(12)2;/h4-5,7-8,10,13H,3,6,9H2,1-2H3;1H. The smallest absolute Gasteiger partial charge is 0.0729 e. The predicted octanol–water partition coefficient (Wildman–Crippen LogP) is 2.67. The number of aryl methyl sites for hydroxylation is 2. The van der Waals surface area contributed by atoms with Crippen molar-refractivity contribution in [3.63, 3.8) is 0 Å². The van der Waals surface area contributed by atoms with Gasteiger partial charge < -0.3 is 9.88 Å². The molecule has 0 unspecified atom stereocenters. The number of rotatable bonds is 5. The molecular weight excluding hydrogens is 236 g/mol. The van der Waals surface area contributed by atoms with Gasteiger partial charge in [-0.05, 0) is 18.6 Å². The SMILES string of the molecule is CCCn1cc(NCc2cccn2C)cn1.Cl. The molecule has 0 saturated heterocycles. The fraction of sp³-hybridized carbons (Fsp3) is 0.417. The molecule has 0 aliphatic rings. The van der Waals surface area contributed by atoms with Crippen LogP contribution in [0.4, 0.5) is 5.69 Å². The molecule has 2 aromatic rings. The van der Waals surface area contributed by atoms with E-state index in [0.29, 0.717) is 0 Å². The molecule has 2 aromatic heterocycles. The Kier molecular flexibility index (Phi) is 5.10. The molecule has 0 fully saturated rings. The van der Waals surface area contributed by atoms with E-state index >= 15 is 0 Å². The molecule has 94 valence electrons. The minimum absolute atomic E-state index is 0. The molecule has 0 aliphatic heterocycles. The van der Waals surface area contributed by atoms with Crippen molar-refractivity contribution < 1.29 is 0 Å². The Hall–Kier alpha value is -1.42. The molecule has 0 bridgehead atoms. The number of anilines is 1. The van der Waals surface area contributed by atoms with Crippen molar-refractivity contribution in [1.82, 2.24) is 14.3 Å². The third kappa shape index (κ3) is 3.53. The summed E-state index contributed by atoms with van der Waals surface area (Å²) in [6, 6.07) is 4.17. The maximum absolute atomic E-state index is 4.28. The second kappa shape index (κ2) is 6.35. The number of hydrogen-bond donors (Lipinski definition) is 1. The van der Waals surface area contributed by atoms with Crippen molar-refractivity contribution >= 4 is 18.1 Å². The van der Waals surface area contributed by atoms with Crippen LogP contribution in [0.3, 0.4) is 0 Å². The van der Waals surface area contributed by atoms with Gasteiger partial charge in [-0.1, -0.05) is 6.92 Å². The molecular formula is C12H19ClN4. The summed E-state index contributed by atoms with van der Waals surface area (Å²) < 4.78 is 4.08. The summed E-state index contributed by atoms with van der Waals surface area (Å²) in [5.41, 5.74) is 2.35. The maximum Gasteiger partial charge on any atom is 0.0729 e. The highest BCUT2D eigenvalue weighted by atomic mass is 35.5. The van der Waals surface area contributed by atoms with Crippen LogP contribution < -0.4 is 5.32 Å². The minimum Gasteiger partial charge on any atom is -0.377 e. The van der Waals surface area contributed by atoms with Gasteiger partial charge in [0.25, 0.3) is 0 Å². The number of nitrogens with one attached hydrogen (secondary N) is 1. The highest BCUT2D eigenvalue weighted by Crippen LogP contribution is 2.08. The van der Waals surface area contributed by atoms with Gasteiger partial charge in [0.2, 0.25) is 0 Å². The fourth-order valence-corrected chi connectivity index (χ4v) is 1.68. The molecule has 0 radical (unpaired) electrons. The van der Waals surface area contributed by atoms with E-state index < -0.39 is 0 Å². The van der Waals surface area contributed by atoms with E-state index in [-0.39, 0.29) is 12.4 Å². The quantitative estimate of drug-likeness (QED) is 0.890. The summed E-state index contributed by atoms with van der Waals surface area (Å²) in [4.78, 5) is 0. The van der Waals surface area contributed by atoms with Crippen molar-refractivity contribution in [1.29, 1.82) is 0 Å². The Bertz CT molecular complexity index is 447. The van der Waals surface area contributed by atoms with Crippen LogP contribution in [-0.2, 0) is 20.1 Å². The van der Waals surface area contributed by atoms with Crippen LogP contribution in [0.2, 0.25) is 0 Å². The Balaban J connectivity index is 0.00000144. The minimum atomic E-state index is 0. The molecule has 0 aromatic carbocycles. The zero-order valence-electron chi connectivity index (χ0n) is 10.3. The lowest BCUT2D eigenvalue weighted by Gasteiger charge is -2.04. The van der Waals surface area contributed by atoms with Gasteiger partial charge in [-0.3, -0.25) is 4.68 Å². The van der Waals surface area contributed by atoms with Crippen LogP contribution in [0.15, 0.2) is 30.7 Å². The second-order valence-electron chi connectivity index (χ2n) is 3.96. The van der Waals surface area contributed by atoms with E-state index in [0.717, 1.165) is 25.2 Å². The van der Waals surface area contributed by atoms with Crippen molar-refractivity contribution in [2.75, 3.05) is 5.32 Å². The summed E-state index contributed by atoms with van der Waals surface area (Å²) in [5.74, 6) is 0. The first-order valence-corrected chi connectivity index (χ1v) is 5.66. The zero-order valence-corrected chi connectivity index (χ0v) is 11.1. The molecule has 17 heavy (non-hydrogen) atoms. The summed E-state index contributed by atoms with van der Waals surface area (Å²) in [7, 11) is 2.05. The topological polar surface area (TPSA) is 34.8 Å². The van der Waals surface area contributed by atoms with Crippen LogP contribution in [0.5, 0.6) is 0 Å². The fourth-order valence-electron chi connectivity index (χ4n) is 1.68. The number of halogens is 1. The van der Waals surface area contributed by atoms with E-state index in [1.807, 2.05) is 17.1 Å². The first-order chi connectivity index (χ1) is 7.79. The molecule has 0 amide bonds. The van der Waals surface area contributed by atoms with Crippen LogP contribution in [-0.4, -0.2) is 14.3 Å². The van der Waals surface area contributed by atoms with E-state index in [4.69, 9.17) is 0 Å². The number of hydrogen-bond acceptors (Lipinski definition) is 2. The Morgan fingerprint density at radius 2 is 2.24 bits per heavy atom. The van der Waals surface area contributed by atoms with Gasteiger partial charge in [-0.25, -0.2) is 0 Å². The van der Waals surface area contributed by atoms with Crippen LogP contribution in [0.25, 0.3) is 0 Å². The van der Waals surface area contributed by atoms with Gasteiger partial charge >= 0.3 is 0 Å². The van der Waals surface area contributed by atoms with Crippen molar-refractivity contribution in [3.05, 3.63) is 36.4 Å². The molecule has 0 saturated carbocycles. The number of aromatic nitrogens is 3. The highest BCUT2D eigenvalue weighted by Gasteiger charge is 1.99. The average molecular weight is 255 g/mol. The summed E-state index contributed by atoms with van der Waals surface area (Å²) in [6.45, 7) is 3.96. The van der Waals surface area contributed by atoms with Gasteiger partial charge in [0.15, 0.2) is 0 Å². The third-order valence-corrected chi connectivity index (χ3v) is 2.61. The average Bonchev–Trinajstić information content (AvgIpc) is 2.86. The first kappa shape index (κ1) is 13.6. The lowest BCUT2D eigenvalue weighted by molar-refractivity contribution is 0.603. The van der Waals surface area contributed by atoms with Crippen LogP contribution >= 0.6 is 12.4 Å². The molecule has 2 rings (SSSR count). The summed E-state index contributed by atoms with van der Waals surface area (Å²) in [6.07, 6.45) is 7.08. The zero-order chi connectivity index (χ0) is 11.4. The normalized spacial score (nSPS) is 10.0. The van der Waals surface area contributed by atoms with E-state index in [1.54, 1.807) is 0 Å². The Labute approximate surface area is 108 Å². The maximum atomic E-state index is 4.28. The largest absolute Gasteiger partial charge is 0.377 e. The van der Waals surface area contributed by atoms with Gasteiger partial charge in [0.1, 0.15) is 0 Å². The summed E-state index contributed by atoms with van der Waals surface area (Å²) in [5, 5.41) is 7.64. The molecule has 4 nitrogen and oxygen atoms in total. The molecule has 2 heterocycles. The van der Waals surface area contributed by atoms with Gasteiger partial charge in [0, 0.05) is 31.7 Å². The highest BCUT2D eigenvalue weighted by molar-refractivity contribution is 5.85. The lowest BCUT2D eigenvalue weighted by atomic mass is 10.4. The molecule has 0 spiro atoms. The molecule has 5 heteroatoms. The van der Waals surface area contributed by atoms with Crippen molar-refractivity contribution in [2.45, 2.75) is 26.4 Å². The molecule has 1 N–H and O–H groups in total. The second-order valence-corrected chi connectivity index (χ2v) is 3.96. The first-order valence-electron chi connectivity index (χ1n) is 5.66. The lowest BCUT2D eigenvalue weighted by Crippen LogP contribution is -2.03. The predicted molar refractivity (Wildman–Crippen MR) is 72.5 cm³/mol. The Morgan fingerprint density at radius 1 is 1.41 bits per heavy atom. The van der Waals surface area contributed by atoms with Gasteiger partial charge in [-0.15, -0.1) is 12.4 Å². The van der Waals surface area contributed by atoms with Crippen molar-refractivity contribution in [3.8, 4) is 0 Å². The molecule has 0 atom stereocenters. The van der Waals surface area contributed by atoms with Gasteiger partial charge in [-0.2, -0.15) is 5.10 Å².